The van der Waals surface area contributed by atoms with Crippen molar-refractivity contribution in [3.63, 3.8) is 0 Å². The van der Waals surface area contributed by atoms with Crippen LogP contribution in [0.3, 0.4) is 0 Å². The van der Waals surface area contributed by atoms with Crippen molar-refractivity contribution in [2.75, 3.05) is 6.26 Å². The molecule has 72 valence electrons. The van der Waals surface area contributed by atoms with E-state index in [2.05, 4.69) is 15.9 Å². The number of sulfone groups is 1. The minimum absolute atomic E-state index is 0.176. The highest BCUT2D eigenvalue weighted by Crippen LogP contribution is 2.30. The van der Waals surface area contributed by atoms with Gasteiger partial charge in [-0.2, -0.15) is 0 Å². The van der Waals surface area contributed by atoms with Crippen LogP contribution in [-0.4, -0.2) is 14.7 Å². The van der Waals surface area contributed by atoms with Gasteiger partial charge in [-0.1, -0.05) is 27.5 Å². The van der Waals surface area contributed by atoms with Gasteiger partial charge in [0, 0.05) is 10.7 Å². The maximum Gasteiger partial charge on any atom is 0.177 e. The summed E-state index contributed by atoms with van der Waals surface area (Å²) in [5, 5.41) is 0.289. The third-order valence-electron chi connectivity index (χ3n) is 1.68. The molecule has 0 atom stereocenters. The van der Waals surface area contributed by atoms with E-state index in [9.17, 15) is 8.42 Å². The van der Waals surface area contributed by atoms with Crippen molar-refractivity contribution in [2.45, 2.75) is 11.8 Å². The van der Waals surface area contributed by atoms with Gasteiger partial charge in [-0.3, -0.25) is 0 Å². The second-order valence-electron chi connectivity index (χ2n) is 2.76. The summed E-state index contributed by atoms with van der Waals surface area (Å²) in [5.74, 6) is 0. The van der Waals surface area contributed by atoms with Gasteiger partial charge in [-0.05, 0) is 24.6 Å². The zero-order valence-electron chi connectivity index (χ0n) is 7.14. The van der Waals surface area contributed by atoms with Crippen molar-refractivity contribution in [3.8, 4) is 0 Å². The van der Waals surface area contributed by atoms with Gasteiger partial charge in [0.1, 0.15) is 0 Å². The molecule has 0 aliphatic heterocycles. The maximum atomic E-state index is 11.2. The fourth-order valence-electron chi connectivity index (χ4n) is 0.923. The molecule has 13 heavy (non-hydrogen) atoms. The first-order valence-electron chi connectivity index (χ1n) is 3.48. The lowest BCUT2D eigenvalue weighted by Crippen LogP contribution is -1.99. The number of benzene rings is 1. The number of rotatable bonds is 1. The molecular formula is C8H8BrClO2S. The van der Waals surface area contributed by atoms with E-state index in [1.165, 1.54) is 6.07 Å². The minimum Gasteiger partial charge on any atom is -0.224 e. The molecule has 0 spiro atoms. The molecule has 0 aromatic heterocycles. The molecule has 0 aliphatic rings. The molecule has 5 heteroatoms. The number of hydrogen-bond donors (Lipinski definition) is 0. The standard InChI is InChI=1S/C8H8BrClO2S/c1-5-6(9)3-4-7(8(5)10)13(2,11)12/h3-4H,1-2H3. The summed E-state index contributed by atoms with van der Waals surface area (Å²) in [7, 11) is -3.23. The summed E-state index contributed by atoms with van der Waals surface area (Å²) in [5.41, 5.74) is 0.740. The minimum atomic E-state index is -3.23. The second-order valence-corrected chi connectivity index (χ2v) is 5.97. The molecule has 0 N–H and O–H groups in total. The molecule has 0 aliphatic carbocycles. The van der Waals surface area contributed by atoms with Crippen molar-refractivity contribution in [1.29, 1.82) is 0 Å². The van der Waals surface area contributed by atoms with Crippen LogP contribution in [-0.2, 0) is 9.84 Å². The van der Waals surface area contributed by atoms with Crippen molar-refractivity contribution < 1.29 is 8.42 Å². The van der Waals surface area contributed by atoms with Crippen molar-refractivity contribution >= 4 is 37.4 Å². The second kappa shape index (κ2) is 3.59. The Morgan fingerprint density at radius 2 is 1.92 bits per heavy atom. The lowest BCUT2D eigenvalue weighted by molar-refractivity contribution is 0.602. The van der Waals surface area contributed by atoms with Crippen molar-refractivity contribution in [2.24, 2.45) is 0 Å². The Labute approximate surface area is 91.0 Å². The zero-order chi connectivity index (χ0) is 10.2. The topological polar surface area (TPSA) is 34.1 Å². The van der Waals surface area contributed by atoms with Gasteiger partial charge < -0.3 is 0 Å². The fourth-order valence-corrected chi connectivity index (χ4v) is 2.75. The molecular weight excluding hydrogens is 276 g/mol. The van der Waals surface area contributed by atoms with E-state index < -0.39 is 9.84 Å². The highest BCUT2D eigenvalue weighted by molar-refractivity contribution is 9.10. The molecule has 1 rings (SSSR count). The molecule has 0 fully saturated rings. The fraction of sp³-hybridized carbons (Fsp3) is 0.250. The number of hydrogen-bond acceptors (Lipinski definition) is 2. The molecule has 0 saturated heterocycles. The summed E-state index contributed by atoms with van der Waals surface area (Å²) in [6.07, 6.45) is 1.14. The smallest absolute Gasteiger partial charge is 0.177 e. The Morgan fingerprint density at radius 1 is 1.38 bits per heavy atom. The average Bonchev–Trinajstić information content (AvgIpc) is 1.98. The predicted molar refractivity (Wildman–Crippen MR) is 57.0 cm³/mol. The van der Waals surface area contributed by atoms with E-state index in [1.807, 2.05) is 0 Å². The third kappa shape index (κ3) is 2.24. The predicted octanol–water partition coefficient (Wildman–Crippen LogP) is 2.81. The van der Waals surface area contributed by atoms with Crippen LogP contribution in [0.5, 0.6) is 0 Å². The van der Waals surface area contributed by atoms with Gasteiger partial charge >= 0.3 is 0 Å². The average molecular weight is 284 g/mol. The maximum absolute atomic E-state index is 11.2. The highest BCUT2D eigenvalue weighted by Gasteiger charge is 2.14. The largest absolute Gasteiger partial charge is 0.224 e. The molecule has 0 amide bonds. The van der Waals surface area contributed by atoms with Crippen molar-refractivity contribution in [1.82, 2.24) is 0 Å². The van der Waals surface area contributed by atoms with Crippen molar-refractivity contribution in [3.05, 3.63) is 27.2 Å². The van der Waals surface area contributed by atoms with Crippen LogP contribution in [0.1, 0.15) is 5.56 Å². The van der Waals surface area contributed by atoms with E-state index in [1.54, 1.807) is 13.0 Å². The Bertz CT molecular complexity index is 440. The summed E-state index contributed by atoms with van der Waals surface area (Å²) in [4.78, 5) is 0.176. The SMILES string of the molecule is Cc1c(Br)ccc(S(C)(=O)=O)c1Cl. The highest BCUT2D eigenvalue weighted by atomic mass is 79.9. The van der Waals surface area contributed by atoms with Gasteiger partial charge in [-0.25, -0.2) is 8.42 Å². The van der Waals surface area contributed by atoms with Gasteiger partial charge in [-0.15, -0.1) is 0 Å². The third-order valence-corrected chi connectivity index (χ3v) is 4.28. The van der Waals surface area contributed by atoms with E-state index in [-0.39, 0.29) is 9.92 Å². The first kappa shape index (κ1) is 11.0. The summed E-state index contributed by atoms with van der Waals surface area (Å²) < 4.78 is 23.2. The normalized spacial score (nSPS) is 11.7. The molecule has 1 aromatic rings. The van der Waals surface area contributed by atoms with Gasteiger partial charge in [0.05, 0.1) is 9.92 Å². The Kier molecular flexibility index (Phi) is 3.05. The summed E-state index contributed by atoms with van der Waals surface area (Å²) in [6, 6.07) is 3.17. The van der Waals surface area contributed by atoms with Crippen LogP contribution < -0.4 is 0 Å². The monoisotopic (exact) mass is 282 g/mol. The van der Waals surface area contributed by atoms with Gasteiger partial charge in [0.2, 0.25) is 0 Å². The Balaban J connectivity index is 3.53. The lowest BCUT2D eigenvalue weighted by Gasteiger charge is -2.05. The number of halogens is 2. The zero-order valence-corrected chi connectivity index (χ0v) is 10.3. The molecule has 0 saturated carbocycles. The van der Waals surface area contributed by atoms with Crippen LogP contribution in [0.25, 0.3) is 0 Å². The molecule has 0 heterocycles. The first-order chi connectivity index (χ1) is 5.84. The van der Waals surface area contributed by atoms with E-state index in [0.29, 0.717) is 0 Å². The summed E-state index contributed by atoms with van der Waals surface area (Å²) >= 11 is 9.14. The van der Waals surface area contributed by atoms with Crippen LogP contribution in [0.15, 0.2) is 21.5 Å². The quantitative estimate of drug-likeness (QED) is 0.794. The molecule has 0 unspecified atom stereocenters. The molecule has 1 aromatic carbocycles. The van der Waals surface area contributed by atoms with Crippen LogP contribution in [0, 0.1) is 6.92 Å². The Hall–Kier alpha value is -0.0600. The van der Waals surface area contributed by atoms with Crippen LogP contribution in [0.2, 0.25) is 5.02 Å². The van der Waals surface area contributed by atoms with Crippen LogP contribution >= 0.6 is 27.5 Å². The van der Waals surface area contributed by atoms with Crippen LogP contribution in [0.4, 0.5) is 0 Å². The Morgan fingerprint density at radius 3 is 2.38 bits per heavy atom. The molecule has 0 radical (unpaired) electrons. The first-order valence-corrected chi connectivity index (χ1v) is 6.55. The molecule has 0 bridgehead atoms. The van der Waals surface area contributed by atoms with Gasteiger partial charge in [0.15, 0.2) is 9.84 Å². The van der Waals surface area contributed by atoms with E-state index >= 15 is 0 Å². The van der Waals surface area contributed by atoms with E-state index in [0.717, 1.165) is 16.3 Å². The summed E-state index contributed by atoms with van der Waals surface area (Å²) in [6.45, 7) is 1.76. The van der Waals surface area contributed by atoms with E-state index in [4.69, 9.17) is 11.6 Å². The van der Waals surface area contributed by atoms with Gasteiger partial charge in [0.25, 0.3) is 0 Å². The lowest BCUT2D eigenvalue weighted by atomic mass is 10.2. The molecule has 2 nitrogen and oxygen atoms in total.